The largest absolute Gasteiger partial charge is 0.375 e. The Labute approximate surface area is 55.8 Å². The number of hydrogen-bond acceptors (Lipinski definition) is 2. The van der Waals surface area contributed by atoms with E-state index < -0.39 is 0 Å². The van der Waals surface area contributed by atoms with Gasteiger partial charge in [-0.05, 0) is 7.05 Å². The molecule has 2 aliphatic rings. The van der Waals surface area contributed by atoms with E-state index in [9.17, 15) is 0 Å². The van der Waals surface area contributed by atoms with Gasteiger partial charge < -0.3 is 4.74 Å². The highest BCUT2D eigenvalue weighted by Gasteiger charge is 2.52. The number of rotatable bonds is 0. The van der Waals surface area contributed by atoms with Gasteiger partial charge >= 0.3 is 0 Å². The van der Waals surface area contributed by atoms with Gasteiger partial charge in [0.25, 0.3) is 0 Å². The number of fused-ring (bicyclic) bond motifs is 1. The van der Waals surface area contributed by atoms with E-state index >= 15 is 0 Å². The minimum absolute atomic E-state index is 0.573. The third-order valence-electron chi connectivity index (χ3n) is 2.52. The molecule has 52 valence electrons. The molecule has 1 aliphatic heterocycles. The average molecular weight is 127 g/mol. The van der Waals surface area contributed by atoms with Gasteiger partial charge in [-0.15, -0.1) is 0 Å². The van der Waals surface area contributed by atoms with Gasteiger partial charge in [-0.25, -0.2) is 0 Å². The fourth-order valence-electron chi connectivity index (χ4n) is 1.79. The van der Waals surface area contributed by atoms with Crippen LogP contribution in [0.1, 0.15) is 6.92 Å². The van der Waals surface area contributed by atoms with E-state index in [0.717, 1.165) is 25.1 Å². The Bertz CT molecular complexity index is 120. The molecule has 1 heterocycles. The van der Waals surface area contributed by atoms with Crippen LogP contribution in [-0.2, 0) is 4.74 Å². The third-order valence-corrected chi connectivity index (χ3v) is 2.52. The zero-order valence-electron chi connectivity index (χ0n) is 6.00. The van der Waals surface area contributed by atoms with E-state index in [-0.39, 0.29) is 0 Å². The van der Waals surface area contributed by atoms with Crippen molar-refractivity contribution in [2.45, 2.75) is 19.1 Å². The van der Waals surface area contributed by atoms with E-state index in [2.05, 4.69) is 18.9 Å². The van der Waals surface area contributed by atoms with Crippen LogP contribution < -0.4 is 0 Å². The highest BCUT2D eigenvalue weighted by molar-refractivity contribution is 5.04. The van der Waals surface area contributed by atoms with Crippen LogP contribution in [-0.4, -0.2) is 37.2 Å². The molecule has 0 aromatic heterocycles. The first-order valence-corrected chi connectivity index (χ1v) is 3.62. The van der Waals surface area contributed by atoms with Crippen molar-refractivity contribution in [1.82, 2.24) is 4.90 Å². The molecule has 3 atom stereocenters. The summed E-state index contributed by atoms with van der Waals surface area (Å²) in [5, 5.41) is 0. The van der Waals surface area contributed by atoms with Crippen molar-refractivity contribution in [3.8, 4) is 0 Å². The summed E-state index contributed by atoms with van der Waals surface area (Å²) >= 11 is 0. The first kappa shape index (κ1) is 5.69. The second kappa shape index (κ2) is 1.70. The first-order chi connectivity index (χ1) is 4.30. The third kappa shape index (κ3) is 0.700. The minimum Gasteiger partial charge on any atom is -0.375 e. The summed E-state index contributed by atoms with van der Waals surface area (Å²) in [5.41, 5.74) is 0. The van der Waals surface area contributed by atoms with Crippen LogP contribution in [0.3, 0.4) is 0 Å². The minimum atomic E-state index is 0.573. The summed E-state index contributed by atoms with van der Waals surface area (Å²) in [7, 11) is 2.18. The summed E-state index contributed by atoms with van der Waals surface area (Å²) in [6.07, 6.45) is 0.573. The molecule has 0 aromatic rings. The molecule has 2 heteroatoms. The van der Waals surface area contributed by atoms with Crippen LogP contribution in [0, 0.1) is 5.92 Å². The number of nitrogens with zero attached hydrogens (tertiary/aromatic N) is 1. The Hall–Kier alpha value is -0.0800. The van der Waals surface area contributed by atoms with E-state index in [1.54, 1.807) is 0 Å². The fraction of sp³-hybridized carbons (Fsp3) is 1.00. The maximum Gasteiger partial charge on any atom is 0.0775 e. The lowest BCUT2D eigenvalue weighted by Crippen LogP contribution is -2.33. The lowest BCUT2D eigenvalue weighted by atomic mass is 10.4. The topological polar surface area (TPSA) is 12.5 Å². The number of morpholine rings is 1. The Kier molecular flexibility index (Phi) is 1.08. The maximum absolute atomic E-state index is 5.49. The summed E-state index contributed by atoms with van der Waals surface area (Å²) in [6, 6.07) is 0.749. The van der Waals surface area contributed by atoms with Gasteiger partial charge in [0.1, 0.15) is 0 Å². The van der Waals surface area contributed by atoms with Crippen molar-refractivity contribution in [3.05, 3.63) is 0 Å². The van der Waals surface area contributed by atoms with Crippen LogP contribution in [0.25, 0.3) is 0 Å². The molecular formula is C7H13NO. The molecule has 2 rings (SSSR count). The Balaban J connectivity index is 2.02. The van der Waals surface area contributed by atoms with Gasteiger partial charge in [0.05, 0.1) is 12.7 Å². The summed E-state index contributed by atoms with van der Waals surface area (Å²) < 4.78 is 5.49. The van der Waals surface area contributed by atoms with Gasteiger partial charge in [0.15, 0.2) is 0 Å². The molecule has 9 heavy (non-hydrogen) atoms. The lowest BCUT2D eigenvalue weighted by molar-refractivity contribution is 0.0410. The molecule has 0 radical (unpaired) electrons. The summed E-state index contributed by atoms with van der Waals surface area (Å²) in [4.78, 5) is 2.40. The van der Waals surface area contributed by atoms with Crippen molar-refractivity contribution in [2.75, 3.05) is 20.2 Å². The summed E-state index contributed by atoms with van der Waals surface area (Å²) in [6.45, 7) is 4.31. The van der Waals surface area contributed by atoms with Gasteiger partial charge in [-0.3, -0.25) is 4.90 Å². The Morgan fingerprint density at radius 2 is 2.33 bits per heavy atom. The van der Waals surface area contributed by atoms with Crippen LogP contribution in [0.2, 0.25) is 0 Å². The van der Waals surface area contributed by atoms with Gasteiger partial charge in [-0.2, -0.15) is 0 Å². The second-order valence-electron chi connectivity index (χ2n) is 3.17. The molecule has 0 N–H and O–H groups in total. The second-order valence-corrected chi connectivity index (χ2v) is 3.17. The van der Waals surface area contributed by atoms with Crippen LogP contribution in [0.4, 0.5) is 0 Å². The van der Waals surface area contributed by atoms with Crippen molar-refractivity contribution in [3.63, 3.8) is 0 Å². The quantitative estimate of drug-likeness (QED) is 0.465. The molecule has 1 saturated carbocycles. The smallest absolute Gasteiger partial charge is 0.0775 e. The maximum atomic E-state index is 5.49. The van der Waals surface area contributed by atoms with Crippen molar-refractivity contribution < 1.29 is 4.74 Å². The zero-order chi connectivity index (χ0) is 6.43. The molecular weight excluding hydrogens is 114 g/mol. The zero-order valence-corrected chi connectivity index (χ0v) is 6.00. The average Bonchev–Trinajstić information content (AvgIpc) is 2.45. The van der Waals surface area contributed by atoms with E-state index in [4.69, 9.17) is 4.74 Å². The molecule has 0 aromatic carbocycles. The number of hydrogen-bond donors (Lipinski definition) is 0. The van der Waals surface area contributed by atoms with Crippen LogP contribution in [0.15, 0.2) is 0 Å². The summed E-state index contributed by atoms with van der Waals surface area (Å²) in [5.74, 6) is 0.789. The van der Waals surface area contributed by atoms with E-state index in [0.29, 0.717) is 6.10 Å². The predicted molar refractivity (Wildman–Crippen MR) is 35.3 cm³/mol. The monoisotopic (exact) mass is 127 g/mol. The SMILES string of the molecule is C[C@H]1[C@H]2OCCN(C)[C@@H]12. The molecule has 2 nitrogen and oxygen atoms in total. The molecule has 0 bridgehead atoms. The molecule has 0 amide bonds. The van der Waals surface area contributed by atoms with Crippen LogP contribution >= 0.6 is 0 Å². The van der Waals surface area contributed by atoms with Gasteiger partial charge in [0.2, 0.25) is 0 Å². The van der Waals surface area contributed by atoms with Crippen LogP contribution in [0.5, 0.6) is 0 Å². The Morgan fingerprint density at radius 1 is 1.56 bits per heavy atom. The Morgan fingerprint density at radius 3 is 2.89 bits per heavy atom. The van der Waals surface area contributed by atoms with E-state index in [1.807, 2.05) is 0 Å². The van der Waals surface area contributed by atoms with Crippen molar-refractivity contribution in [1.29, 1.82) is 0 Å². The molecule has 1 saturated heterocycles. The highest BCUT2D eigenvalue weighted by atomic mass is 16.5. The predicted octanol–water partition coefficient (Wildman–Crippen LogP) is 0.335. The number of ether oxygens (including phenoxy) is 1. The van der Waals surface area contributed by atoms with E-state index in [1.165, 1.54) is 0 Å². The van der Waals surface area contributed by atoms with Gasteiger partial charge in [0, 0.05) is 18.5 Å². The fourth-order valence-corrected chi connectivity index (χ4v) is 1.79. The highest BCUT2D eigenvalue weighted by Crippen LogP contribution is 2.39. The molecule has 1 aliphatic carbocycles. The number of likely N-dealkylation sites (N-methyl/N-ethyl adjacent to an activating group) is 1. The molecule has 0 unspecified atom stereocenters. The standard InChI is InChI=1S/C7H13NO/c1-5-6-7(5)9-4-3-8(6)2/h5-7H,3-4H2,1-2H3/t5-,6+,7-/m1/s1. The molecule has 0 spiro atoms. The van der Waals surface area contributed by atoms with Gasteiger partial charge in [-0.1, -0.05) is 6.92 Å². The van der Waals surface area contributed by atoms with Crippen molar-refractivity contribution >= 4 is 0 Å². The molecule has 2 fully saturated rings. The normalized spacial score (nSPS) is 50.7. The van der Waals surface area contributed by atoms with Crippen molar-refractivity contribution in [2.24, 2.45) is 5.92 Å². The lowest BCUT2D eigenvalue weighted by Gasteiger charge is -2.20. The first-order valence-electron chi connectivity index (χ1n) is 3.62.